The molecule has 88 valence electrons. The number of hydrogen-bond acceptors (Lipinski definition) is 4. The summed E-state index contributed by atoms with van der Waals surface area (Å²) in [6, 6.07) is 0. The number of likely N-dealkylation sites (tertiary alicyclic amines) is 1. The van der Waals surface area contributed by atoms with Crippen LogP contribution < -0.4 is 0 Å². The number of aliphatic hydroxyl groups excluding tert-OH is 1. The third kappa shape index (κ3) is 2.46. The zero-order valence-electron chi connectivity index (χ0n) is 8.60. The van der Waals surface area contributed by atoms with Gasteiger partial charge in [0.05, 0.1) is 12.1 Å². The summed E-state index contributed by atoms with van der Waals surface area (Å²) in [5, 5.41) is 7.73. The zero-order valence-corrected chi connectivity index (χ0v) is 9.42. The van der Waals surface area contributed by atoms with Crippen molar-refractivity contribution in [3.05, 3.63) is 0 Å². The second-order valence-electron chi connectivity index (χ2n) is 4.28. The maximum atomic E-state index is 12.7. The van der Waals surface area contributed by atoms with Crippen LogP contribution in [0.5, 0.6) is 0 Å². The number of halogens is 1. The second kappa shape index (κ2) is 3.71. The van der Waals surface area contributed by atoms with Crippen molar-refractivity contribution in [1.82, 2.24) is 4.90 Å². The fraction of sp³-hybridized carbons (Fsp3) is 0.875. The van der Waals surface area contributed by atoms with Gasteiger partial charge in [-0.1, -0.05) is 0 Å². The molecule has 0 aromatic rings. The molecule has 0 radical (unpaired) electrons. The summed E-state index contributed by atoms with van der Waals surface area (Å²) < 4.78 is 33.9. The fourth-order valence-corrected chi connectivity index (χ4v) is 2.20. The minimum Gasteiger partial charge on any atom is -0.394 e. The molecule has 15 heavy (non-hydrogen) atoms. The van der Waals surface area contributed by atoms with Gasteiger partial charge in [-0.15, -0.1) is 3.89 Å². The number of hydrogen-bond donors (Lipinski definition) is 1. The molecule has 1 aliphatic heterocycles. The van der Waals surface area contributed by atoms with E-state index in [1.54, 1.807) is 13.8 Å². The maximum absolute atomic E-state index is 12.7. The van der Waals surface area contributed by atoms with Crippen LogP contribution in [0, 0.1) is 0 Å². The Kier molecular flexibility index (Phi) is 3.06. The Morgan fingerprint density at radius 2 is 2.13 bits per heavy atom. The van der Waals surface area contributed by atoms with E-state index >= 15 is 0 Å². The van der Waals surface area contributed by atoms with Crippen LogP contribution in [0.2, 0.25) is 0 Å². The van der Waals surface area contributed by atoms with E-state index in [2.05, 4.69) is 0 Å². The van der Waals surface area contributed by atoms with Crippen LogP contribution >= 0.6 is 0 Å². The highest BCUT2D eigenvalue weighted by Crippen LogP contribution is 2.26. The van der Waals surface area contributed by atoms with Gasteiger partial charge >= 0.3 is 10.2 Å². The molecule has 0 aromatic carbocycles. The van der Waals surface area contributed by atoms with Gasteiger partial charge in [0.25, 0.3) is 0 Å². The molecular weight excluding hydrogens is 225 g/mol. The Labute approximate surface area is 88.1 Å². The van der Waals surface area contributed by atoms with E-state index in [0.717, 1.165) is 0 Å². The lowest BCUT2D eigenvalue weighted by Gasteiger charge is -2.33. The summed E-state index contributed by atoms with van der Waals surface area (Å²) in [6.07, 6.45) is -0.345. The monoisotopic (exact) mass is 239 g/mol. The molecule has 0 saturated carbocycles. The molecular formula is C8H14FNO4S. The van der Waals surface area contributed by atoms with E-state index in [0.29, 0.717) is 0 Å². The molecule has 7 heteroatoms. The van der Waals surface area contributed by atoms with Crippen molar-refractivity contribution in [2.45, 2.75) is 31.1 Å². The number of nitrogens with zero attached hydrogens (tertiary/aromatic N) is 1. The van der Waals surface area contributed by atoms with E-state index in [1.165, 1.54) is 4.90 Å². The van der Waals surface area contributed by atoms with Crippen molar-refractivity contribution in [3.8, 4) is 0 Å². The molecule has 1 rings (SSSR count). The van der Waals surface area contributed by atoms with E-state index in [9.17, 15) is 17.1 Å². The smallest absolute Gasteiger partial charge is 0.307 e. The molecule has 1 N–H and O–H groups in total. The van der Waals surface area contributed by atoms with Crippen molar-refractivity contribution in [3.63, 3.8) is 0 Å². The number of rotatable bonds is 3. The molecule has 1 saturated heterocycles. The lowest BCUT2D eigenvalue weighted by molar-refractivity contribution is -0.133. The van der Waals surface area contributed by atoms with Crippen LogP contribution in [0.4, 0.5) is 3.89 Å². The van der Waals surface area contributed by atoms with Gasteiger partial charge in [0.1, 0.15) is 5.25 Å². The molecule has 0 aromatic heterocycles. The maximum Gasteiger partial charge on any atom is 0.307 e. The predicted molar refractivity (Wildman–Crippen MR) is 51.3 cm³/mol. The van der Waals surface area contributed by atoms with Crippen LogP contribution in [0.15, 0.2) is 0 Å². The van der Waals surface area contributed by atoms with Gasteiger partial charge in [-0.2, -0.15) is 8.42 Å². The first kappa shape index (κ1) is 12.4. The Hall–Kier alpha value is -0.690. The summed E-state index contributed by atoms with van der Waals surface area (Å²) in [4.78, 5) is 12.6. The highest BCUT2D eigenvalue weighted by Gasteiger charge is 2.43. The Morgan fingerprint density at radius 3 is 2.47 bits per heavy atom. The Bertz CT molecular complexity index is 365. The van der Waals surface area contributed by atoms with Gasteiger partial charge in [-0.25, -0.2) is 0 Å². The molecule has 1 amide bonds. The first-order valence-electron chi connectivity index (χ1n) is 4.53. The van der Waals surface area contributed by atoms with Crippen LogP contribution in [0.1, 0.15) is 20.3 Å². The van der Waals surface area contributed by atoms with Gasteiger partial charge in [0.15, 0.2) is 0 Å². The Morgan fingerprint density at radius 1 is 1.60 bits per heavy atom. The molecule has 0 bridgehead atoms. The predicted octanol–water partition coefficient (Wildman–Crippen LogP) is -0.343. The molecule has 1 aliphatic rings. The average molecular weight is 239 g/mol. The van der Waals surface area contributed by atoms with E-state index in [-0.39, 0.29) is 19.6 Å². The van der Waals surface area contributed by atoms with E-state index < -0.39 is 26.9 Å². The van der Waals surface area contributed by atoms with Crippen molar-refractivity contribution in [2.75, 3.05) is 13.2 Å². The van der Waals surface area contributed by atoms with Crippen LogP contribution in [-0.4, -0.2) is 48.3 Å². The molecule has 1 heterocycles. The molecule has 1 unspecified atom stereocenters. The van der Waals surface area contributed by atoms with Crippen LogP contribution in [-0.2, 0) is 15.0 Å². The summed E-state index contributed by atoms with van der Waals surface area (Å²) in [5.41, 5.74) is -0.851. The van der Waals surface area contributed by atoms with Crippen molar-refractivity contribution >= 4 is 16.1 Å². The van der Waals surface area contributed by atoms with Crippen molar-refractivity contribution < 1.29 is 22.2 Å². The topological polar surface area (TPSA) is 74.7 Å². The van der Waals surface area contributed by atoms with Crippen LogP contribution in [0.3, 0.4) is 0 Å². The molecule has 5 nitrogen and oxygen atoms in total. The third-order valence-corrected chi connectivity index (χ3v) is 3.72. The lowest BCUT2D eigenvalue weighted by atomic mass is 10.1. The summed E-state index contributed by atoms with van der Waals surface area (Å²) in [6.45, 7) is 2.71. The molecule has 1 fully saturated rings. The van der Waals surface area contributed by atoms with Crippen molar-refractivity contribution in [1.29, 1.82) is 0 Å². The fourth-order valence-electron chi connectivity index (χ4n) is 1.53. The normalized spacial score (nSPS) is 23.6. The Balaban J connectivity index is 2.87. The number of carbonyl (C=O) groups is 1. The van der Waals surface area contributed by atoms with Gasteiger partial charge in [-0.05, 0) is 13.8 Å². The quantitative estimate of drug-likeness (QED) is 0.684. The van der Waals surface area contributed by atoms with E-state index in [1.807, 2.05) is 0 Å². The SMILES string of the molecule is CC(C)(CO)N1CC(S(=O)(=O)F)CC1=O. The lowest BCUT2D eigenvalue weighted by Crippen LogP contribution is -2.48. The number of carbonyl (C=O) groups excluding carboxylic acids is 1. The average Bonchev–Trinajstić information content (AvgIpc) is 2.47. The standard InChI is InChI=1S/C8H14FNO4S/c1-8(2,5-11)10-4-6(3-7(10)12)15(9,13)14/h6,11H,3-5H2,1-2H3. The molecule has 0 aliphatic carbocycles. The van der Waals surface area contributed by atoms with Gasteiger partial charge in [0, 0.05) is 13.0 Å². The highest BCUT2D eigenvalue weighted by molar-refractivity contribution is 7.87. The molecule has 0 spiro atoms. The second-order valence-corrected chi connectivity index (χ2v) is 5.89. The first-order valence-corrected chi connectivity index (χ1v) is 5.98. The summed E-state index contributed by atoms with van der Waals surface area (Å²) in [7, 11) is -4.68. The molecule has 1 atom stereocenters. The minimum absolute atomic E-state index is 0.189. The summed E-state index contributed by atoms with van der Waals surface area (Å²) in [5.74, 6) is -0.444. The summed E-state index contributed by atoms with van der Waals surface area (Å²) >= 11 is 0. The minimum atomic E-state index is -4.68. The highest BCUT2D eigenvalue weighted by atomic mass is 32.3. The third-order valence-electron chi connectivity index (χ3n) is 2.61. The van der Waals surface area contributed by atoms with Gasteiger partial charge < -0.3 is 10.0 Å². The number of amides is 1. The van der Waals surface area contributed by atoms with Crippen molar-refractivity contribution in [2.24, 2.45) is 0 Å². The van der Waals surface area contributed by atoms with Crippen LogP contribution in [0.25, 0.3) is 0 Å². The van der Waals surface area contributed by atoms with E-state index in [4.69, 9.17) is 5.11 Å². The largest absolute Gasteiger partial charge is 0.394 e. The van der Waals surface area contributed by atoms with Gasteiger partial charge in [0.2, 0.25) is 5.91 Å². The first-order chi connectivity index (χ1) is 6.68. The number of aliphatic hydroxyl groups is 1. The zero-order chi connectivity index (χ0) is 11.9. The van der Waals surface area contributed by atoms with Gasteiger partial charge in [-0.3, -0.25) is 4.79 Å².